The molecule has 0 heterocycles. The maximum atomic E-state index is 12.6. The Bertz CT molecular complexity index is 780. The molecule has 0 bridgehead atoms. The Hall–Kier alpha value is -1.84. The van der Waals surface area contributed by atoms with E-state index in [1.165, 1.54) is 11.4 Å². The van der Waals surface area contributed by atoms with E-state index in [0.717, 1.165) is 5.56 Å². The summed E-state index contributed by atoms with van der Waals surface area (Å²) in [6.45, 7) is 0. The molecule has 108 valence electrons. The molecule has 0 saturated carbocycles. The molecule has 2 aromatic rings. The lowest BCUT2D eigenvalue weighted by atomic mass is 10.2. The lowest BCUT2D eigenvalue weighted by Crippen LogP contribution is -2.26. The average Bonchev–Trinajstić information content (AvgIpc) is 2.54. The lowest BCUT2D eigenvalue weighted by Gasteiger charge is -2.19. The molecule has 0 aliphatic rings. The summed E-state index contributed by atoms with van der Waals surface area (Å²) in [5.74, 6) is 0. The molecule has 6 heteroatoms. The maximum Gasteiger partial charge on any atom is 0.264 e. The number of alkyl halides is 1. The first-order valence-electron chi connectivity index (χ1n) is 6.13. The summed E-state index contributed by atoms with van der Waals surface area (Å²) >= 11 is 3.32. The van der Waals surface area contributed by atoms with E-state index in [2.05, 4.69) is 15.9 Å². The SMILES string of the molecule is CN(c1cccc(C#N)c1)S(=O)(=O)c1ccc(CBr)cc1. The Kier molecular flexibility index (Phi) is 4.66. The fourth-order valence-corrected chi connectivity index (χ4v) is 3.38. The van der Waals surface area contributed by atoms with Gasteiger partial charge in [0.05, 0.1) is 22.2 Å². The van der Waals surface area contributed by atoms with Crippen LogP contribution < -0.4 is 4.31 Å². The molecular weight excluding hydrogens is 352 g/mol. The maximum absolute atomic E-state index is 12.6. The Morgan fingerprint density at radius 2 is 1.86 bits per heavy atom. The van der Waals surface area contributed by atoms with Gasteiger partial charge >= 0.3 is 0 Å². The Morgan fingerprint density at radius 1 is 1.19 bits per heavy atom. The Balaban J connectivity index is 2.39. The molecule has 0 N–H and O–H groups in total. The van der Waals surface area contributed by atoms with Crippen LogP contribution in [0, 0.1) is 11.3 Å². The fourth-order valence-electron chi connectivity index (χ4n) is 1.82. The van der Waals surface area contributed by atoms with Crippen molar-refractivity contribution >= 4 is 31.6 Å². The molecular formula is C15H13BrN2O2S. The van der Waals surface area contributed by atoms with Gasteiger partial charge in [0.15, 0.2) is 0 Å². The van der Waals surface area contributed by atoms with Crippen LogP contribution in [0.15, 0.2) is 53.4 Å². The topological polar surface area (TPSA) is 61.2 Å². The van der Waals surface area contributed by atoms with Gasteiger partial charge in [-0.15, -0.1) is 0 Å². The highest BCUT2D eigenvalue weighted by atomic mass is 79.9. The molecule has 0 aromatic heterocycles. The van der Waals surface area contributed by atoms with Gasteiger partial charge in [-0.3, -0.25) is 4.31 Å². The smallest absolute Gasteiger partial charge is 0.264 e. The van der Waals surface area contributed by atoms with Gasteiger partial charge < -0.3 is 0 Å². The Labute approximate surface area is 132 Å². The van der Waals surface area contributed by atoms with Crippen LogP contribution >= 0.6 is 15.9 Å². The first-order chi connectivity index (χ1) is 9.98. The van der Waals surface area contributed by atoms with Crippen molar-refractivity contribution in [1.29, 1.82) is 5.26 Å². The zero-order chi connectivity index (χ0) is 15.5. The van der Waals surface area contributed by atoms with Crippen LogP contribution in [0.2, 0.25) is 0 Å². The molecule has 0 spiro atoms. The highest BCUT2D eigenvalue weighted by Crippen LogP contribution is 2.23. The Morgan fingerprint density at radius 3 is 2.43 bits per heavy atom. The van der Waals surface area contributed by atoms with Gasteiger partial charge in [-0.25, -0.2) is 8.42 Å². The second-order valence-corrected chi connectivity index (χ2v) is 6.94. The zero-order valence-electron chi connectivity index (χ0n) is 11.3. The van der Waals surface area contributed by atoms with Gasteiger partial charge in [0, 0.05) is 12.4 Å². The molecule has 4 nitrogen and oxygen atoms in total. The molecule has 0 aliphatic carbocycles. The molecule has 0 aliphatic heterocycles. The van der Waals surface area contributed by atoms with E-state index in [4.69, 9.17) is 5.26 Å². The first-order valence-corrected chi connectivity index (χ1v) is 8.69. The average molecular weight is 365 g/mol. The van der Waals surface area contributed by atoms with Crippen molar-refractivity contribution in [2.75, 3.05) is 11.4 Å². The van der Waals surface area contributed by atoms with Crippen LogP contribution in [-0.2, 0) is 15.4 Å². The summed E-state index contributed by atoms with van der Waals surface area (Å²) in [5.41, 5.74) is 1.88. The van der Waals surface area contributed by atoms with Crippen LogP contribution in [0.5, 0.6) is 0 Å². The van der Waals surface area contributed by atoms with E-state index in [9.17, 15) is 8.42 Å². The van der Waals surface area contributed by atoms with Crippen molar-refractivity contribution in [3.05, 3.63) is 59.7 Å². The van der Waals surface area contributed by atoms with Crippen molar-refractivity contribution in [1.82, 2.24) is 0 Å². The van der Waals surface area contributed by atoms with Crippen molar-refractivity contribution in [3.63, 3.8) is 0 Å². The lowest BCUT2D eigenvalue weighted by molar-refractivity contribution is 0.594. The molecule has 2 rings (SSSR count). The second kappa shape index (κ2) is 6.29. The minimum atomic E-state index is -3.63. The molecule has 0 fully saturated rings. The van der Waals surface area contributed by atoms with Crippen molar-refractivity contribution in [3.8, 4) is 6.07 Å². The molecule has 2 aromatic carbocycles. The molecule has 0 atom stereocenters. The number of hydrogen-bond donors (Lipinski definition) is 0. The highest BCUT2D eigenvalue weighted by Gasteiger charge is 2.21. The number of halogens is 1. The van der Waals surface area contributed by atoms with Crippen molar-refractivity contribution < 1.29 is 8.42 Å². The van der Waals surface area contributed by atoms with Crippen molar-refractivity contribution in [2.24, 2.45) is 0 Å². The summed E-state index contributed by atoms with van der Waals surface area (Å²) in [6.07, 6.45) is 0. The van der Waals surface area contributed by atoms with Gasteiger partial charge in [0.25, 0.3) is 10.0 Å². The summed E-state index contributed by atoms with van der Waals surface area (Å²) in [6, 6.07) is 15.2. The predicted octanol–water partition coefficient (Wildman–Crippen LogP) is 3.28. The third kappa shape index (κ3) is 3.26. The largest absolute Gasteiger partial charge is 0.269 e. The van der Waals surface area contributed by atoms with Crippen LogP contribution in [0.1, 0.15) is 11.1 Å². The van der Waals surface area contributed by atoms with E-state index in [-0.39, 0.29) is 4.90 Å². The fraction of sp³-hybridized carbons (Fsp3) is 0.133. The third-order valence-electron chi connectivity index (χ3n) is 3.07. The molecule has 0 amide bonds. The second-order valence-electron chi connectivity index (χ2n) is 4.41. The van der Waals surface area contributed by atoms with E-state index < -0.39 is 10.0 Å². The van der Waals surface area contributed by atoms with Crippen molar-refractivity contribution in [2.45, 2.75) is 10.2 Å². The van der Waals surface area contributed by atoms with E-state index >= 15 is 0 Å². The number of benzene rings is 2. The molecule has 0 unspecified atom stereocenters. The van der Waals surface area contributed by atoms with Gasteiger partial charge in [0.1, 0.15) is 0 Å². The number of sulfonamides is 1. The quantitative estimate of drug-likeness (QED) is 0.782. The predicted molar refractivity (Wildman–Crippen MR) is 85.8 cm³/mol. The van der Waals surface area contributed by atoms with Crippen LogP contribution in [0.4, 0.5) is 5.69 Å². The highest BCUT2D eigenvalue weighted by molar-refractivity contribution is 9.08. The van der Waals surface area contributed by atoms with E-state index in [0.29, 0.717) is 16.6 Å². The van der Waals surface area contributed by atoms with Crippen LogP contribution in [0.25, 0.3) is 0 Å². The van der Waals surface area contributed by atoms with Gasteiger partial charge in [-0.2, -0.15) is 5.26 Å². The monoisotopic (exact) mass is 364 g/mol. The van der Waals surface area contributed by atoms with Crippen LogP contribution in [-0.4, -0.2) is 15.5 Å². The molecule has 21 heavy (non-hydrogen) atoms. The van der Waals surface area contributed by atoms with Crippen LogP contribution in [0.3, 0.4) is 0 Å². The van der Waals surface area contributed by atoms with E-state index in [1.807, 2.05) is 6.07 Å². The van der Waals surface area contributed by atoms with Gasteiger partial charge in [-0.05, 0) is 35.9 Å². The summed E-state index contributed by atoms with van der Waals surface area (Å²) < 4.78 is 26.3. The molecule has 0 radical (unpaired) electrons. The third-order valence-corrected chi connectivity index (χ3v) is 5.52. The summed E-state index contributed by atoms with van der Waals surface area (Å²) in [7, 11) is -2.16. The summed E-state index contributed by atoms with van der Waals surface area (Å²) in [4.78, 5) is 0.220. The number of anilines is 1. The summed E-state index contributed by atoms with van der Waals surface area (Å²) in [5, 5.41) is 9.57. The van der Waals surface area contributed by atoms with Gasteiger partial charge in [0.2, 0.25) is 0 Å². The van der Waals surface area contributed by atoms with E-state index in [1.54, 1.807) is 48.5 Å². The minimum absolute atomic E-state index is 0.220. The van der Waals surface area contributed by atoms with Gasteiger partial charge in [-0.1, -0.05) is 34.1 Å². The molecule has 0 saturated heterocycles. The standard InChI is InChI=1S/C15H13BrN2O2S/c1-18(14-4-2-3-13(9-14)11-17)21(19,20)15-7-5-12(10-16)6-8-15/h2-9H,10H2,1H3. The number of nitrogens with zero attached hydrogens (tertiary/aromatic N) is 2. The first kappa shape index (κ1) is 15.5. The number of rotatable bonds is 4. The minimum Gasteiger partial charge on any atom is -0.269 e. The number of nitriles is 1. The zero-order valence-corrected chi connectivity index (χ0v) is 13.7. The normalized spacial score (nSPS) is 10.9. The number of hydrogen-bond acceptors (Lipinski definition) is 3.